The highest BCUT2D eigenvalue weighted by molar-refractivity contribution is 4.89. The van der Waals surface area contributed by atoms with E-state index in [4.69, 9.17) is 0 Å². The Balaban J connectivity index is 2.17. The Bertz CT molecular complexity index is 188. The Labute approximate surface area is 81.8 Å². The first-order valence-corrected chi connectivity index (χ1v) is 5.41. The molecule has 1 heterocycles. The molecule has 0 atom stereocenters. The van der Waals surface area contributed by atoms with Gasteiger partial charge in [0.1, 0.15) is 0 Å². The lowest BCUT2D eigenvalue weighted by molar-refractivity contribution is 0.276. The van der Waals surface area contributed by atoms with E-state index in [0.717, 1.165) is 6.42 Å². The summed E-state index contributed by atoms with van der Waals surface area (Å²) in [5.41, 5.74) is 0.482. The predicted molar refractivity (Wildman–Crippen MR) is 55.8 cm³/mol. The van der Waals surface area contributed by atoms with Crippen molar-refractivity contribution in [1.29, 1.82) is 0 Å². The van der Waals surface area contributed by atoms with Gasteiger partial charge in [0.15, 0.2) is 5.66 Å². The van der Waals surface area contributed by atoms with Crippen LogP contribution in [0, 0.1) is 5.41 Å². The van der Waals surface area contributed by atoms with E-state index in [1.807, 2.05) is 0 Å². The molecule has 0 saturated carbocycles. The van der Waals surface area contributed by atoms with Gasteiger partial charge in [0, 0.05) is 0 Å². The van der Waals surface area contributed by atoms with Gasteiger partial charge in [-0.25, -0.2) is 0 Å². The van der Waals surface area contributed by atoms with Crippen LogP contribution in [0.1, 0.15) is 59.8 Å². The molecule has 2 nitrogen and oxygen atoms in total. The largest absolute Gasteiger partial charge is 0.188 e. The molecule has 76 valence electrons. The molecule has 2 heteroatoms. The third-order valence-electron chi connectivity index (χ3n) is 2.92. The lowest BCUT2D eigenvalue weighted by Crippen LogP contribution is -2.15. The third-order valence-corrected chi connectivity index (χ3v) is 2.92. The van der Waals surface area contributed by atoms with Gasteiger partial charge < -0.3 is 0 Å². The third kappa shape index (κ3) is 3.88. The minimum absolute atomic E-state index is 0.00346. The minimum Gasteiger partial charge on any atom is -0.159 e. The Morgan fingerprint density at radius 1 is 1.15 bits per heavy atom. The second kappa shape index (κ2) is 3.77. The van der Waals surface area contributed by atoms with Crippen molar-refractivity contribution in [3.05, 3.63) is 0 Å². The molecule has 0 aromatic rings. The van der Waals surface area contributed by atoms with Crippen molar-refractivity contribution >= 4 is 0 Å². The van der Waals surface area contributed by atoms with E-state index in [2.05, 4.69) is 37.9 Å². The van der Waals surface area contributed by atoms with Crippen LogP contribution in [0.25, 0.3) is 0 Å². The van der Waals surface area contributed by atoms with E-state index in [1.54, 1.807) is 0 Å². The molecule has 0 aromatic heterocycles. The number of hydrogen-bond donors (Lipinski definition) is 0. The molecule has 0 fully saturated rings. The lowest BCUT2D eigenvalue weighted by Gasteiger charge is -2.24. The van der Waals surface area contributed by atoms with Gasteiger partial charge in [0.2, 0.25) is 0 Å². The fourth-order valence-corrected chi connectivity index (χ4v) is 1.54. The SMILES string of the molecule is CCCCC(C)(C)CCC1(C)N=N1. The summed E-state index contributed by atoms with van der Waals surface area (Å²) in [7, 11) is 0. The van der Waals surface area contributed by atoms with Crippen LogP contribution in [0.3, 0.4) is 0 Å². The van der Waals surface area contributed by atoms with E-state index >= 15 is 0 Å². The maximum atomic E-state index is 4.04. The summed E-state index contributed by atoms with van der Waals surface area (Å²) < 4.78 is 0. The Morgan fingerprint density at radius 2 is 1.77 bits per heavy atom. The van der Waals surface area contributed by atoms with Gasteiger partial charge in [0.05, 0.1) is 0 Å². The van der Waals surface area contributed by atoms with Crippen molar-refractivity contribution in [2.24, 2.45) is 15.6 Å². The molecule has 0 aliphatic carbocycles. The van der Waals surface area contributed by atoms with Crippen LogP contribution >= 0.6 is 0 Å². The molecule has 0 spiro atoms. The molecule has 1 rings (SSSR count). The van der Waals surface area contributed by atoms with Gasteiger partial charge in [-0.1, -0.05) is 33.6 Å². The average Bonchev–Trinajstić information content (AvgIpc) is 2.79. The second-order valence-electron chi connectivity index (χ2n) is 5.18. The fraction of sp³-hybridized carbons (Fsp3) is 1.00. The predicted octanol–water partition coefficient (Wildman–Crippen LogP) is 4.17. The summed E-state index contributed by atoms with van der Waals surface area (Å²) in [6.45, 7) is 9.08. The fourth-order valence-electron chi connectivity index (χ4n) is 1.54. The molecule has 13 heavy (non-hydrogen) atoms. The number of rotatable bonds is 6. The molecule has 0 radical (unpaired) electrons. The Hall–Kier alpha value is -0.400. The van der Waals surface area contributed by atoms with E-state index in [1.165, 1.54) is 25.7 Å². The van der Waals surface area contributed by atoms with Gasteiger partial charge in [-0.15, -0.1) is 0 Å². The molecule has 0 saturated heterocycles. The van der Waals surface area contributed by atoms with Crippen molar-refractivity contribution in [2.75, 3.05) is 0 Å². The van der Waals surface area contributed by atoms with Gasteiger partial charge in [-0.05, 0) is 31.6 Å². The Morgan fingerprint density at radius 3 is 2.23 bits per heavy atom. The first-order chi connectivity index (χ1) is 5.97. The van der Waals surface area contributed by atoms with Crippen molar-refractivity contribution < 1.29 is 0 Å². The highest BCUT2D eigenvalue weighted by Gasteiger charge is 2.35. The number of nitrogens with zero attached hydrogens (tertiary/aromatic N) is 2. The molecule has 0 bridgehead atoms. The topological polar surface area (TPSA) is 24.7 Å². The quantitative estimate of drug-likeness (QED) is 0.589. The first kappa shape index (κ1) is 10.7. The summed E-state index contributed by atoms with van der Waals surface area (Å²) >= 11 is 0. The van der Waals surface area contributed by atoms with Gasteiger partial charge in [0.25, 0.3) is 0 Å². The van der Waals surface area contributed by atoms with Crippen molar-refractivity contribution in [3.63, 3.8) is 0 Å². The summed E-state index contributed by atoms with van der Waals surface area (Å²) in [5.74, 6) is 0. The van der Waals surface area contributed by atoms with Crippen LogP contribution in [-0.2, 0) is 0 Å². The zero-order valence-corrected chi connectivity index (χ0v) is 9.43. The summed E-state index contributed by atoms with van der Waals surface area (Å²) in [5, 5.41) is 8.09. The maximum absolute atomic E-state index is 4.04. The zero-order valence-electron chi connectivity index (χ0n) is 9.43. The van der Waals surface area contributed by atoms with Gasteiger partial charge >= 0.3 is 0 Å². The van der Waals surface area contributed by atoms with Gasteiger partial charge in [-0.2, -0.15) is 10.2 Å². The summed E-state index contributed by atoms with van der Waals surface area (Å²) in [4.78, 5) is 0. The van der Waals surface area contributed by atoms with Crippen LogP contribution < -0.4 is 0 Å². The van der Waals surface area contributed by atoms with Crippen molar-refractivity contribution in [3.8, 4) is 0 Å². The number of unbranched alkanes of at least 4 members (excludes halogenated alkanes) is 1. The van der Waals surface area contributed by atoms with Crippen molar-refractivity contribution in [2.45, 2.75) is 65.5 Å². The summed E-state index contributed by atoms with van der Waals surface area (Å²) in [6, 6.07) is 0. The van der Waals surface area contributed by atoms with E-state index in [0.29, 0.717) is 5.41 Å². The maximum Gasteiger partial charge on any atom is 0.188 e. The second-order valence-corrected chi connectivity index (χ2v) is 5.18. The molecule has 0 aromatic carbocycles. The molecule has 0 N–H and O–H groups in total. The summed E-state index contributed by atoms with van der Waals surface area (Å²) in [6.07, 6.45) is 6.35. The normalized spacial score (nSPS) is 19.1. The standard InChI is InChI=1S/C11H22N2/c1-5-6-7-10(2,3)8-9-11(4)12-13-11/h5-9H2,1-4H3. The molecule has 0 amide bonds. The van der Waals surface area contributed by atoms with Crippen molar-refractivity contribution in [1.82, 2.24) is 0 Å². The van der Waals surface area contributed by atoms with E-state index < -0.39 is 0 Å². The van der Waals surface area contributed by atoms with Crippen LogP contribution in [-0.4, -0.2) is 5.66 Å². The molecular formula is C11H22N2. The molecule has 1 aliphatic heterocycles. The number of hydrogen-bond acceptors (Lipinski definition) is 2. The minimum atomic E-state index is 0.00346. The Kier molecular flexibility index (Phi) is 3.09. The van der Waals surface area contributed by atoms with E-state index in [9.17, 15) is 0 Å². The van der Waals surface area contributed by atoms with Crippen LogP contribution in [0.5, 0.6) is 0 Å². The monoisotopic (exact) mass is 182 g/mol. The highest BCUT2D eigenvalue weighted by atomic mass is 15.4. The molecule has 0 unspecified atom stereocenters. The zero-order chi connectivity index (χ0) is 9.95. The average molecular weight is 182 g/mol. The van der Waals surface area contributed by atoms with Crippen LogP contribution in [0.4, 0.5) is 0 Å². The lowest BCUT2D eigenvalue weighted by atomic mass is 9.81. The smallest absolute Gasteiger partial charge is 0.159 e. The molecular weight excluding hydrogens is 160 g/mol. The van der Waals surface area contributed by atoms with Gasteiger partial charge in [-0.3, -0.25) is 0 Å². The van der Waals surface area contributed by atoms with E-state index in [-0.39, 0.29) is 5.66 Å². The first-order valence-electron chi connectivity index (χ1n) is 5.41. The van der Waals surface area contributed by atoms with Crippen LogP contribution in [0.2, 0.25) is 0 Å². The highest BCUT2D eigenvalue weighted by Crippen LogP contribution is 2.38. The van der Waals surface area contributed by atoms with Crippen LogP contribution in [0.15, 0.2) is 10.2 Å². The molecule has 1 aliphatic rings.